The van der Waals surface area contributed by atoms with E-state index in [1.165, 1.54) is 12.1 Å². The van der Waals surface area contributed by atoms with E-state index in [9.17, 15) is 13.2 Å². The van der Waals surface area contributed by atoms with Gasteiger partial charge in [-0.05, 0) is 42.7 Å². The number of amides is 1. The van der Waals surface area contributed by atoms with Gasteiger partial charge in [-0.15, -0.1) is 0 Å². The molecule has 1 heterocycles. The highest BCUT2D eigenvalue weighted by atomic mass is 79.9. The molecule has 0 saturated carbocycles. The fraction of sp³-hybridized carbons (Fsp3) is 0.533. The molecule has 0 bridgehead atoms. The summed E-state index contributed by atoms with van der Waals surface area (Å²) >= 11 is 4.86. The van der Waals surface area contributed by atoms with E-state index in [0.717, 1.165) is 4.47 Å². The van der Waals surface area contributed by atoms with Crippen LogP contribution in [0.1, 0.15) is 6.42 Å². The van der Waals surface area contributed by atoms with Crippen molar-refractivity contribution in [3.05, 3.63) is 28.7 Å². The number of morpholine rings is 1. The first-order valence-corrected chi connectivity index (χ1v) is 11.2. The Hall–Kier alpha value is -0.610. The van der Waals surface area contributed by atoms with Gasteiger partial charge in [-0.3, -0.25) is 4.79 Å². The molecule has 1 aromatic carbocycles. The molecule has 2 rings (SSSR count). The molecule has 1 aromatic rings. The molecule has 1 N–H and O–H groups in total. The van der Waals surface area contributed by atoms with Crippen molar-refractivity contribution >= 4 is 43.6 Å². The SMILES string of the molecule is CSCCC(NS(=O)(=O)c1ccc(Br)cc1)C(=O)N1CCOCC1. The van der Waals surface area contributed by atoms with E-state index < -0.39 is 16.1 Å². The van der Waals surface area contributed by atoms with Crippen LogP contribution in [0.2, 0.25) is 0 Å². The number of nitrogens with one attached hydrogen (secondary N) is 1. The standard InChI is InChI=1S/C15H21BrN2O4S2/c1-23-11-6-14(15(19)18-7-9-22-10-8-18)17-24(20,21)13-4-2-12(16)3-5-13/h2-5,14,17H,6-11H2,1H3. The first-order chi connectivity index (χ1) is 11.4. The van der Waals surface area contributed by atoms with Gasteiger partial charge in [0.25, 0.3) is 0 Å². The van der Waals surface area contributed by atoms with Crippen molar-refractivity contribution in [2.45, 2.75) is 17.4 Å². The normalized spacial score (nSPS) is 16.8. The van der Waals surface area contributed by atoms with Crippen molar-refractivity contribution in [1.82, 2.24) is 9.62 Å². The predicted octanol–water partition coefficient (Wildman–Crippen LogP) is 1.71. The van der Waals surface area contributed by atoms with Gasteiger partial charge in [0, 0.05) is 17.6 Å². The summed E-state index contributed by atoms with van der Waals surface area (Å²) in [5, 5.41) is 0. The number of benzene rings is 1. The minimum absolute atomic E-state index is 0.148. The first kappa shape index (κ1) is 19.7. The van der Waals surface area contributed by atoms with Crippen LogP contribution < -0.4 is 4.72 Å². The number of carbonyl (C=O) groups is 1. The maximum atomic E-state index is 12.7. The molecule has 0 radical (unpaired) electrons. The summed E-state index contributed by atoms with van der Waals surface area (Å²) in [7, 11) is -3.75. The fourth-order valence-electron chi connectivity index (χ4n) is 2.34. The summed E-state index contributed by atoms with van der Waals surface area (Å²) in [5.74, 6) is 0.511. The second-order valence-corrected chi connectivity index (χ2v) is 8.96. The summed E-state index contributed by atoms with van der Waals surface area (Å²) in [6.07, 6.45) is 2.38. The molecule has 6 nitrogen and oxygen atoms in total. The maximum absolute atomic E-state index is 12.7. The first-order valence-electron chi connectivity index (χ1n) is 7.57. The van der Waals surface area contributed by atoms with Crippen LogP contribution >= 0.6 is 27.7 Å². The van der Waals surface area contributed by atoms with Crippen molar-refractivity contribution in [2.75, 3.05) is 38.3 Å². The van der Waals surface area contributed by atoms with Crippen LogP contribution in [0.15, 0.2) is 33.6 Å². The zero-order chi connectivity index (χ0) is 17.6. The van der Waals surface area contributed by atoms with Crippen molar-refractivity contribution in [3.63, 3.8) is 0 Å². The summed E-state index contributed by atoms with van der Waals surface area (Å²) < 4.78 is 33.8. The van der Waals surface area contributed by atoms with Crippen LogP contribution in [0.5, 0.6) is 0 Å². The third-order valence-electron chi connectivity index (χ3n) is 3.65. The molecule has 1 aliphatic heterocycles. The second kappa shape index (κ2) is 9.19. The lowest BCUT2D eigenvalue weighted by Gasteiger charge is -2.30. The summed E-state index contributed by atoms with van der Waals surface area (Å²) in [4.78, 5) is 14.5. The summed E-state index contributed by atoms with van der Waals surface area (Å²) in [6, 6.07) is 5.59. The molecule has 24 heavy (non-hydrogen) atoms. The number of rotatable bonds is 7. The van der Waals surface area contributed by atoms with Gasteiger partial charge in [0.2, 0.25) is 15.9 Å². The molecular weight excluding hydrogens is 416 g/mol. The lowest BCUT2D eigenvalue weighted by molar-refractivity contribution is -0.137. The number of nitrogens with zero attached hydrogens (tertiary/aromatic N) is 1. The molecule has 1 unspecified atom stereocenters. The van der Waals surface area contributed by atoms with Crippen molar-refractivity contribution in [1.29, 1.82) is 0 Å². The molecule has 1 aliphatic rings. The third-order valence-corrected chi connectivity index (χ3v) is 6.31. The number of sulfonamides is 1. The Morgan fingerprint density at radius 3 is 2.54 bits per heavy atom. The fourth-order valence-corrected chi connectivity index (χ4v) is 4.30. The van der Waals surface area contributed by atoms with E-state index >= 15 is 0 Å². The molecule has 1 saturated heterocycles. The van der Waals surface area contributed by atoms with Crippen LogP contribution in [-0.2, 0) is 19.6 Å². The molecular formula is C15H21BrN2O4S2. The van der Waals surface area contributed by atoms with E-state index in [4.69, 9.17) is 4.74 Å². The van der Waals surface area contributed by atoms with Gasteiger partial charge >= 0.3 is 0 Å². The number of thioether (sulfide) groups is 1. The highest BCUT2D eigenvalue weighted by Gasteiger charge is 2.29. The molecule has 0 aromatic heterocycles. The molecule has 9 heteroatoms. The quantitative estimate of drug-likeness (QED) is 0.703. The largest absolute Gasteiger partial charge is 0.378 e. The van der Waals surface area contributed by atoms with Gasteiger partial charge in [0.1, 0.15) is 6.04 Å². The van der Waals surface area contributed by atoms with Crippen LogP contribution in [0.3, 0.4) is 0 Å². The maximum Gasteiger partial charge on any atom is 0.241 e. The monoisotopic (exact) mass is 436 g/mol. The summed E-state index contributed by atoms with van der Waals surface area (Å²) in [6.45, 7) is 1.96. The minimum atomic E-state index is -3.75. The molecule has 1 fully saturated rings. The number of hydrogen-bond acceptors (Lipinski definition) is 5. The van der Waals surface area contributed by atoms with Crippen LogP contribution in [0.4, 0.5) is 0 Å². The Kier molecular flexibility index (Phi) is 7.55. The molecule has 134 valence electrons. The highest BCUT2D eigenvalue weighted by molar-refractivity contribution is 9.10. The van der Waals surface area contributed by atoms with Crippen LogP contribution in [0, 0.1) is 0 Å². The minimum Gasteiger partial charge on any atom is -0.378 e. The Bertz CT molecular complexity index is 646. The highest BCUT2D eigenvalue weighted by Crippen LogP contribution is 2.16. The molecule has 1 amide bonds. The van der Waals surface area contributed by atoms with Gasteiger partial charge < -0.3 is 9.64 Å². The zero-order valence-corrected chi connectivity index (χ0v) is 16.6. The Morgan fingerprint density at radius 2 is 1.96 bits per heavy atom. The van der Waals surface area contributed by atoms with E-state index in [0.29, 0.717) is 38.5 Å². The summed E-state index contributed by atoms with van der Waals surface area (Å²) in [5.41, 5.74) is 0. The number of ether oxygens (including phenoxy) is 1. The third kappa shape index (κ3) is 5.45. The molecule has 0 spiro atoms. The van der Waals surface area contributed by atoms with Crippen LogP contribution in [0.25, 0.3) is 0 Å². The van der Waals surface area contributed by atoms with Gasteiger partial charge in [-0.25, -0.2) is 8.42 Å². The van der Waals surface area contributed by atoms with E-state index in [2.05, 4.69) is 20.7 Å². The van der Waals surface area contributed by atoms with E-state index in [1.807, 2.05) is 6.26 Å². The van der Waals surface area contributed by atoms with Crippen molar-refractivity contribution in [3.8, 4) is 0 Å². The second-order valence-electron chi connectivity index (χ2n) is 5.35. The van der Waals surface area contributed by atoms with E-state index in [1.54, 1.807) is 28.8 Å². The number of hydrogen-bond donors (Lipinski definition) is 1. The van der Waals surface area contributed by atoms with Gasteiger partial charge in [-0.1, -0.05) is 15.9 Å². The van der Waals surface area contributed by atoms with Gasteiger partial charge in [0.05, 0.1) is 18.1 Å². The molecule has 0 aliphatic carbocycles. The van der Waals surface area contributed by atoms with Crippen molar-refractivity contribution in [2.24, 2.45) is 0 Å². The van der Waals surface area contributed by atoms with Gasteiger partial charge in [-0.2, -0.15) is 16.5 Å². The lowest BCUT2D eigenvalue weighted by atomic mass is 10.2. The predicted molar refractivity (Wildman–Crippen MR) is 98.6 cm³/mol. The topological polar surface area (TPSA) is 75.7 Å². The Labute approximate surface area is 155 Å². The molecule has 1 atom stereocenters. The van der Waals surface area contributed by atoms with Crippen molar-refractivity contribution < 1.29 is 17.9 Å². The Morgan fingerprint density at radius 1 is 1.33 bits per heavy atom. The average Bonchev–Trinajstić information content (AvgIpc) is 2.59. The van der Waals surface area contributed by atoms with Gasteiger partial charge in [0.15, 0.2) is 0 Å². The zero-order valence-electron chi connectivity index (χ0n) is 13.4. The Balaban J connectivity index is 2.14. The number of halogens is 1. The van der Waals surface area contributed by atoms with Crippen LogP contribution in [-0.4, -0.2) is 63.6 Å². The lowest BCUT2D eigenvalue weighted by Crippen LogP contribution is -2.51. The van der Waals surface area contributed by atoms with E-state index in [-0.39, 0.29) is 10.8 Å². The smallest absolute Gasteiger partial charge is 0.241 e. The number of carbonyl (C=O) groups excluding carboxylic acids is 1. The average molecular weight is 437 g/mol.